The fourth-order valence-corrected chi connectivity index (χ4v) is 1.70. The SMILES string of the molecule is C/C=C/COc1cccc(Cl)c1CNCCC. The second-order valence-electron chi connectivity index (χ2n) is 3.77. The Kier molecular flexibility index (Phi) is 6.75. The molecule has 2 nitrogen and oxygen atoms in total. The van der Waals surface area contributed by atoms with Gasteiger partial charge >= 0.3 is 0 Å². The average molecular weight is 254 g/mol. The lowest BCUT2D eigenvalue weighted by Crippen LogP contribution is -2.15. The Hall–Kier alpha value is -0.990. The molecule has 0 spiro atoms. The summed E-state index contributed by atoms with van der Waals surface area (Å²) in [7, 11) is 0. The van der Waals surface area contributed by atoms with Gasteiger partial charge in [-0.3, -0.25) is 0 Å². The standard InChI is InChI=1S/C14H20ClNO/c1-3-5-10-17-14-8-6-7-13(15)12(14)11-16-9-4-2/h3,5-8,16H,4,9-11H2,1-2H3/b5-3+. The van der Waals surface area contributed by atoms with Gasteiger partial charge < -0.3 is 10.1 Å². The van der Waals surface area contributed by atoms with Crippen LogP contribution in [-0.2, 0) is 6.54 Å². The zero-order valence-electron chi connectivity index (χ0n) is 10.5. The van der Waals surface area contributed by atoms with E-state index in [1.54, 1.807) is 0 Å². The molecule has 0 amide bonds. The Bertz CT molecular complexity index is 363. The van der Waals surface area contributed by atoms with Gasteiger partial charge in [-0.25, -0.2) is 0 Å². The summed E-state index contributed by atoms with van der Waals surface area (Å²) in [6.07, 6.45) is 5.06. The van der Waals surface area contributed by atoms with Crippen molar-refractivity contribution in [3.63, 3.8) is 0 Å². The van der Waals surface area contributed by atoms with Crippen LogP contribution in [0.4, 0.5) is 0 Å². The van der Waals surface area contributed by atoms with E-state index in [2.05, 4.69) is 12.2 Å². The Balaban J connectivity index is 2.69. The maximum absolute atomic E-state index is 6.18. The normalized spacial score (nSPS) is 11.0. The predicted molar refractivity (Wildman–Crippen MR) is 73.8 cm³/mol. The fourth-order valence-electron chi connectivity index (χ4n) is 1.47. The number of hydrogen-bond donors (Lipinski definition) is 1. The number of ether oxygens (including phenoxy) is 1. The molecule has 0 atom stereocenters. The van der Waals surface area contributed by atoms with Gasteiger partial charge in [0.05, 0.1) is 0 Å². The minimum atomic E-state index is 0.581. The van der Waals surface area contributed by atoms with Gasteiger partial charge in [0.15, 0.2) is 0 Å². The summed E-state index contributed by atoms with van der Waals surface area (Å²) in [6.45, 7) is 6.43. The molecule has 0 aliphatic carbocycles. The highest BCUT2D eigenvalue weighted by atomic mass is 35.5. The molecule has 0 fully saturated rings. The van der Waals surface area contributed by atoms with E-state index in [0.717, 1.165) is 35.8 Å². The summed E-state index contributed by atoms with van der Waals surface area (Å²) in [5.41, 5.74) is 1.03. The van der Waals surface area contributed by atoms with Gasteiger partial charge in [-0.1, -0.05) is 36.7 Å². The van der Waals surface area contributed by atoms with Crippen LogP contribution in [0.3, 0.4) is 0 Å². The molecule has 1 aromatic carbocycles. The van der Waals surface area contributed by atoms with E-state index in [9.17, 15) is 0 Å². The van der Waals surface area contributed by atoms with E-state index in [1.807, 2.05) is 37.3 Å². The van der Waals surface area contributed by atoms with E-state index in [4.69, 9.17) is 16.3 Å². The predicted octanol–water partition coefficient (Wildman–Crippen LogP) is 3.79. The van der Waals surface area contributed by atoms with Gasteiger partial charge in [0, 0.05) is 17.1 Å². The molecule has 0 aliphatic rings. The monoisotopic (exact) mass is 253 g/mol. The van der Waals surface area contributed by atoms with Gasteiger partial charge in [-0.05, 0) is 32.0 Å². The number of allylic oxidation sites excluding steroid dienone is 1. The van der Waals surface area contributed by atoms with Crippen LogP contribution in [-0.4, -0.2) is 13.2 Å². The third-order valence-electron chi connectivity index (χ3n) is 2.38. The second-order valence-corrected chi connectivity index (χ2v) is 4.18. The quantitative estimate of drug-likeness (QED) is 0.590. The summed E-state index contributed by atoms with van der Waals surface area (Å²) < 4.78 is 5.68. The van der Waals surface area contributed by atoms with E-state index < -0.39 is 0 Å². The van der Waals surface area contributed by atoms with Gasteiger partial charge in [0.2, 0.25) is 0 Å². The number of benzene rings is 1. The van der Waals surface area contributed by atoms with Crippen molar-refractivity contribution in [3.05, 3.63) is 40.9 Å². The van der Waals surface area contributed by atoms with Crippen molar-refractivity contribution in [2.75, 3.05) is 13.2 Å². The lowest BCUT2D eigenvalue weighted by molar-refractivity contribution is 0.357. The summed E-state index contributed by atoms with van der Waals surface area (Å²) in [5, 5.41) is 4.10. The third kappa shape index (κ3) is 4.80. The van der Waals surface area contributed by atoms with Gasteiger partial charge in [0.25, 0.3) is 0 Å². The smallest absolute Gasteiger partial charge is 0.125 e. The highest BCUT2D eigenvalue weighted by Gasteiger charge is 2.07. The van der Waals surface area contributed by atoms with Crippen LogP contribution in [0.25, 0.3) is 0 Å². The maximum atomic E-state index is 6.18. The average Bonchev–Trinajstić information content (AvgIpc) is 2.33. The Morgan fingerprint density at radius 3 is 2.94 bits per heavy atom. The van der Waals surface area contributed by atoms with Crippen molar-refractivity contribution in [2.45, 2.75) is 26.8 Å². The summed E-state index contributed by atoms with van der Waals surface area (Å²) in [4.78, 5) is 0. The Morgan fingerprint density at radius 1 is 1.41 bits per heavy atom. The van der Waals surface area contributed by atoms with Crippen LogP contribution >= 0.6 is 11.6 Å². The first kappa shape index (κ1) is 14.1. The van der Waals surface area contributed by atoms with Gasteiger partial charge in [0.1, 0.15) is 12.4 Å². The third-order valence-corrected chi connectivity index (χ3v) is 2.73. The molecule has 1 aromatic rings. The van der Waals surface area contributed by atoms with Crippen LogP contribution in [0.1, 0.15) is 25.8 Å². The molecular formula is C14H20ClNO. The lowest BCUT2D eigenvalue weighted by Gasteiger charge is -2.12. The summed E-state index contributed by atoms with van der Waals surface area (Å²) in [6, 6.07) is 5.77. The number of halogens is 1. The lowest BCUT2D eigenvalue weighted by atomic mass is 10.2. The molecule has 0 radical (unpaired) electrons. The Morgan fingerprint density at radius 2 is 2.24 bits per heavy atom. The topological polar surface area (TPSA) is 21.3 Å². The van der Waals surface area contributed by atoms with Crippen LogP contribution in [0.15, 0.2) is 30.4 Å². The van der Waals surface area contributed by atoms with Gasteiger partial charge in [-0.15, -0.1) is 0 Å². The van der Waals surface area contributed by atoms with Crippen LogP contribution in [0.2, 0.25) is 5.02 Å². The van der Waals surface area contributed by atoms with Gasteiger partial charge in [-0.2, -0.15) is 0 Å². The minimum Gasteiger partial charge on any atom is -0.489 e. The number of nitrogens with one attached hydrogen (secondary N) is 1. The molecule has 0 unspecified atom stereocenters. The Labute approximate surface area is 109 Å². The molecule has 0 heterocycles. The first-order valence-electron chi connectivity index (χ1n) is 6.01. The van der Waals surface area contributed by atoms with E-state index in [-0.39, 0.29) is 0 Å². The van der Waals surface area contributed by atoms with Crippen LogP contribution in [0.5, 0.6) is 5.75 Å². The molecule has 1 rings (SSSR count). The summed E-state index contributed by atoms with van der Waals surface area (Å²) in [5.74, 6) is 0.860. The molecule has 0 aliphatic heterocycles. The molecule has 1 N–H and O–H groups in total. The number of hydrogen-bond acceptors (Lipinski definition) is 2. The molecule has 0 bridgehead atoms. The molecular weight excluding hydrogens is 234 g/mol. The molecule has 3 heteroatoms. The van der Waals surface area contributed by atoms with Crippen molar-refractivity contribution in [3.8, 4) is 5.75 Å². The van der Waals surface area contributed by atoms with E-state index >= 15 is 0 Å². The highest BCUT2D eigenvalue weighted by Crippen LogP contribution is 2.26. The molecule has 17 heavy (non-hydrogen) atoms. The van der Waals surface area contributed by atoms with Crippen LogP contribution < -0.4 is 10.1 Å². The zero-order chi connectivity index (χ0) is 12.5. The van der Waals surface area contributed by atoms with Crippen molar-refractivity contribution >= 4 is 11.6 Å². The molecule has 0 saturated heterocycles. The van der Waals surface area contributed by atoms with Crippen molar-refractivity contribution in [1.29, 1.82) is 0 Å². The fraction of sp³-hybridized carbons (Fsp3) is 0.429. The number of rotatable bonds is 7. The van der Waals surface area contributed by atoms with Crippen LogP contribution in [0, 0.1) is 0 Å². The second kappa shape index (κ2) is 8.15. The largest absolute Gasteiger partial charge is 0.489 e. The molecule has 0 saturated carbocycles. The van der Waals surface area contributed by atoms with Crippen molar-refractivity contribution in [1.82, 2.24) is 5.32 Å². The molecule has 94 valence electrons. The first-order valence-corrected chi connectivity index (χ1v) is 6.39. The maximum Gasteiger partial charge on any atom is 0.125 e. The van der Waals surface area contributed by atoms with E-state index in [1.165, 1.54) is 0 Å². The molecule has 0 aromatic heterocycles. The minimum absolute atomic E-state index is 0.581. The first-order chi connectivity index (χ1) is 8.29. The van der Waals surface area contributed by atoms with E-state index in [0.29, 0.717) is 6.61 Å². The van der Waals surface area contributed by atoms with Crippen molar-refractivity contribution in [2.24, 2.45) is 0 Å². The highest BCUT2D eigenvalue weighted by molar-refractivity contribution is 6.31. The summed E-state index contributed by atoms with van der Waals surface area (Å²) >= 11 is 6.18. The van der Waals surface area contributed by atoms with Crippen molar-refractivity contribution < 1.29 is 4.74 Å². The zero-order valence-corrected chi connectivity index (χ0v) is 11.3.